The lowest BCUT2D eigenvalue weighted by Gasteiger charge is -2.27. The molecular formula is C18H23N3O2S. The summed E-state index contributed by atoms with van der Waals surface area (Å²) in [6.45, 7) is 6.20. The van der Waals surface area contributed by atoms with Crippen molar-refractivity contribution in [3.05, 3.63) is 46.8 Å². The summed E-state index contributed by atoms with van der Waals surface area (Å²) in [6.07, 6.45) is 3.72. The number of H-pyrrole nitrogens is 1. The van der Waals surface area contributed by atoms with Gasteiger partial charge in [-0.15, -0.1) is 0 Å². The first-order chi connectivity index (χ1) is 11.3. The fourth-order valence-electron chi connectivity index (χ4n) is 2.66. The fourth-order valence-corrected chi connectivity index (χ4v) is 4.25. The summed E-state index contributed by atoms with van der Waals surface area (Å²) in [5.41, 5.74) is 6.15. The van der Waals surface area contributed by atoms with Crippen LogP contribution in [0.2, 0.25) is 0 Å². The van der Waals surface area contributed by atoms with Crippen LogP contribution < -0.4 is 4.74 Å². The summed E-state index contributed by atoms with van der Waals surface area (Å²) >= 11 is 0. The zero-order valence-corrected chi connectivity index (χ0v) is 15.5. The normalized spacial score (nSPS) is 15.2. The molecule has 128 valence electrons. The highest BCUT2D eigenvalue weighted by molar-refractivity contribution is 8.27. The number of benzene rings is 1. The van der Waals surface area contributed by atoms with Gasteiger partial charge in [0.05, 0.1) is 23.8 Å². The predicted octanol–water partition coefficient (Wildman–Crippen LogP) is 4.36. The van der Waals surface area contributed by atoms with E-state index in [1.165, 1.54) is 11.1 Å². The van der Waals surface area contributed by atoms with Crippen LogP contribution in [0.15, 0.2) is 29.6 Å². The van der Waals surface area contributed by atoms with Crippen LogP contribution in [0.1, 0.15) is 22.4 Å². The number of fused-ring (bicyclic) bond motifs is 1. The summed E-state index contributed by atoms with van der Waals surface area (Å²) in [5.74, 6) is 1.25. The lowest BCUT2D eigenvalue weighted by molar-refractivity contribution is 0.415. The number of nitrogens with one attached hydrogen (secondary N) is 1. The van der Waals surface area contributed by atoms with Crippen molar-refractivity contribution in [2.24, 2.45) is 0 Å². The van der Waals surface area contributed by atoms with Gasteiger partial charge >= 0.3 is 0 Å². The molecule has 1 unspecified atom stereocenters. The van der Waals surface area contributed by atoms with Crippen molar-refractivity contribution in [1.82, 2.24) is 15.0 Å². The average molecular weight is 345 g/mol. The molecule has 6 heteroatoms. The molecule has 0 aliphatic carbocycles. The van der Waals surface area contributed by atoms with Gasteiger partial charge < -0.3 is 14.3 Å². The van der Waals surface area contributed by atoms with Crippen LogP contribution in [0, 0.1) is 20.8 Å². The number of methoxy groups -OCH3 is 1. The van der Waals surface area contributed by atoms with Gasteiger partial charge in [-0.05, 0) is 55.9 Å². The largest absolute Gasteiger partial charge is 0.497 e. The molecule has 5 nitrogen and oxygen atoms in total. The summed E-state index contributed by atoms with van der Waals surface area (Å²) < 4.78 is 16.3. The van der Waals surface area contributed by atoms with E-state index in [1.807, 2.05) is 30.7 Å². The van der Waals surface area contributed by atoms with Crippen LogP contribution >= 0.6 is 10.3 Å². The Morgan fingerprint density at radius 2 is 1.96 bits per heavy atom. The Balaban J connectivity index is 1.97. The smallest absolute Gasteiger partial charge is 0.171 e. The summed E-state index contributed by atoms with van der Waals surface area (Å²) in [5, 5.41) is 0.616. The average Bonchev–Trinajstić information content (AvgIpc) is 2.99. The van der Waals surface area contributed by atoms with E-state index in [-0.39, 0.29) is 0 Å². The maximum absolute atomic E-state index is 11.1. The number of rotatable bonds is 4. The number of pyridine rings is 1. The number of ether oxygens (including phenoxy) is 1. The number of aromatic amines is 1. The summed E-state index contributed by atoms with van der Waals surface area (Å²) in [4.78, 5) is 12.3. The van der Waals surface area contributed by atoms with Crippen molar-refractivity contribution in [1.29, 1.82) is 0 Å². The molecule has 2 heterocycles. The molecular weight excluding hydrogens is 322 g/mol. The second-order valence-corrected chi connectivity index (χ2v) is 9.00. The van der Waals surface area contributed by atoms with Crippen LogP contribution in [0.4, 0.5) is 0 Å². The van der Waals surface area contributed by atoms with Crippen molar-refractivity contribution >= 4 is 21.3 Å². The van der Waals surface area contributed by atoms with Crippen LogP contribution in [-0.4, -0.2) is 32.9 Å². The quantitative estimate of drug-likeness (QED) is 0.737. The second-order valence-electron chi connectivity index (χ2n) is 6.25. The number of nitrogens with zero attached hydrogens (tertiary/aromatic N) is 2. The van der Waals surface area contributed by atoms with E-state index in [0.29, 0.717) is 10.9 Å². The van der Waals surface area contributed by atoms with Crippen LogP contribution in [0.3, 0.4) is 0 Å². The first kappa shape index (κ1) is 16.8. The van der Waals surface area contributed by atoms with E-state index >= 15 is 0 Å². The Bertz CT molecular complexity index is 903. The molecule has 0 saturated heterocycles. The zero-order valence-electron chi connectivity index (χ0n) is 14.7. The third kappa shape index (κ3) is 2.99. The van der Waals surface area contributed by atoms with Gasteiger partial charge in [-0.3, -0.25) is 4.98 Å². The third-order valence-corrected chi connectivity index (χ3v) is 6.36. The van der Waals surface area contributed by atoms with E-state index in [2.05, 4.69) is 35.7 Å². The van der Waals surface area contributed by atoms with Gasteiger partial charge in [0.15, 0.2) is 5.16 Å². The Labute approximate surface area is 143 Å². The van der Waals surface area contributed by atoms with Crippen molar-refractivity contribution in [3.8, 4) is 5.75 Å². The molecule has 0 aliphatic rings. The standard InChI is InChI=1S/C18H23N3O2S/c1-11-9-19-17(13(3)12(11)2)10-24(5,22)18-20-15-7-6-14(23-4)8-16(15)21-18/h6-9,22H,10H2,1-5H3,(H,20,21). The van der Waals surface area contributed by atoms with Crippen molar-refractivity contribution < 1.29 is 9.29 Å². The Morgan fingerprint density at radius 1 is 1.21 bits per heavy atom. The van der Waals surface area contributed by atoms with E-state index in [1.54, 1.807) is 7.11 Å². The topological polar surface area (TPSA) is 71.0 Å². The molecule has 1 aromatic carbocycles. The van der Waals surface area contributed by atoms with Gasteiger partial charge in [-0.25, -0.2) is 4.98 Å². The summed E-state index contributed by atoms with van der Waals surface area (Å²) in [7, 11) is -0.484. The van der Waals surface area contributed by atoms with Crippen molar-refractivity contribution in [3.63, 3.8) is 0 Å². The number of aromatic nitrogens is 3. The SMILES string of the molecule is COc1ccc2nc(S(C)(O)Cc3ncc(C)c(C)c3C)[nH]c2c1. The van der Waals surface area contributed by atoms with Crippen molar-refractivity contribution in [2.75, 3.05) is 13.4 Å². The van der Waals surface area contributed by atoms with E-state index < -0.39 is 10.3 Å². The molecule has 0 spiro atoms. The Morgan fingerprint density at radius 3 is 2.67 bits per heavy atom. The van der Waals surface area contributed by atoms with Crippen molar-refractivity contribution in [2.45, 2.75) is 31.7 Å². The van der Waals surface area contributed by atoms with Gasteiger partial charge in [0, 0.05) is 18.0 Å². The molecule has 24 heavy (non-hydrogen) atoms. The highest BCUT2D eigenvalue weighted by Gasteiger charge is 2.24. The van der Waals surface area contributed by atoms with E-state index in [0.717, 1.165) is 28.0 Å². The summed E-state index contributed by atoms with van der Waals surface area (Å²) in [6, 6.07) is 5.65. The van der Waals surface area contributed by atoms with E-state index in [4.69, 9.17) is 4.74 Å². The fraction of sp³-hybridized carbons (Fsp3) is 0.333. The molecule has 0 amide bonds. The Hall–Kier alpha value is -2.05. The molecule has 0 radical (unpaired) electrons. The van der Waals surface area contributed by atoms with Crippen LogP contribution in [-0.2, 0) is 5.75 Å². The van der Waals surface area contributed by atoms with Gasteiger partial charge in [0.1, 0.15) is 5.75 Å². The minimum Gasteiger partial charge on any atom is -0.497 e. The Kier molecular flexibility index (Phi) is 4.27. The van der Waals surface area contributed by atoms with Gasteiger partial charge in [-0.1, -0.05) is 10.3 Å². The first-order valence-electron chi connectivity index (χ1n) is 7.76. The molecule has 3 rings (SSSR count). The highest BCUT2D eigenvalue weighted by atomic mass is 32.3. The van der Waals surface area contributed by atoms with Crippen LogP contribution in [0.5, 0.6) is 5.75 Å². The highest BCUT2D eigenvalue weighted by Crippen LogP contribution is 2.50. The second kappa shape index (κ2) is 6.11. The van der Waals surface area contributed by atoms with Gasteiger partial charge in [0.25, 0.3) is 0 Å². The lowest BCUT2D eigenvalue weighted by Crippen LogP contribution is -2.07. The first-order valence-corrected chi connectivity index (χ1v) is 9.92. The lowest BCUT2D eigenvalue weighted by atomic mass is 10.1. The monoisotopic (exact) mass is 345 g/mol. The minimum absolute atomic E-state index is 0.483. The molecule has 0 fully saturated rings. The zero-order chi connectivity index (χ0) is 17.5. The molecule has 0 aliphatic heterocycles. The maximum atomic E-state index is 11.1. The molecule has 3 aromatic rings. The molecule has 0 bridgehead atoms. The van der Waals surface area contributed by atoms with Crippen LogP contribution in [0.25, 0.3) is 11.0 Å². The maximum Gasteiger partial charge on any atom is 0.171 e. The predicted molar refractivity (Wildman–Crippen MR) is 99.2 cm³/mol. The number of aryl methyl sites for hydroxylation is 1. The number of hydrogen-bond donors (Lipinski definition) is 2. The van der Waals surface area contributed by atoms with Gasteiger partial charge in [0.2, 0.25) is 0 Å². The number of hydrogen-bond acceptors (Lipinski definition) is 4. The molecule has 2 aromatic heterocycles. The minimum atomic E-state index is -2.12. The number of imidazole rings is 1. The molecule has 0 saturated carbocycles. The molecule has 1 atom stereocenters. The van der Waals surface area contributed by atoms with Gasteiger partial charge in [-0.2, -0.15) is 0 Å². The molecule has 2 N–H and O–H groups in total. The third-order valence-electron chi connectivity index (χ3n) is 4.50. The van der Waals surface area contributed by atoms with E-state index in [9.17, 15) is 4.55 Å².